The van der Waals surface area contributed by atoms with Crippen LogP contribution in [0.2, 0.25) is 0 Å². The standard InChI is InChI=1S/C45H28S/c1-2-16-32(17-3-1)45(40-23-10-7-19-34(40)38-27-30-13-4-5-14-31(30)28-41(38)45)39-22-9-6-18-33(39)37-26-25-29-15-12-21-36-35-20-8-11-24-42(35)46-44(37)43(29)36/h1-28H. The van der Waals surface area contributed by atoms with Gasteiger partial charge in [-0.05, 0) is 90.0 Å². The predicted octanol–water partition coefficient (Wildman–Crippen LogP) is 12.2. The van der Waals surface area contributed by atoms with Crippen LogP contribution in [0.15, 0.2) is 180 Å². The van der Waals surface area contributed by atoms with Gasteiger partial charge in [-0.25, -0.2) is 0 Å². The quantitative estimate of drug-likeness (QED) is 0.194. The highest BCUT2D eigenvalue weighted by atomic mass is 32.2. The van der Waals surface area contributed by atoms with E-state index < -0.39 is 5.41 Å². The minimum atomic E-state index is -0.494. The van der Waals surface area contributed by atoms with Crippen molar-refractivity contribution in [2.45, 2.75) is 15.2 Å². The zero-order chi connectivity index (χ0) is 30.2. The molecule has 1 unspecified atom stereocenters. The van der Waals surface area contributed by atoms with Gasteiger partial charge in [-0.1, -0.05) is 163 Å². The van der Waals surface area contributed by atoms with Gasteiger partial charge in [-0.2, -0.15) is 0 Å². The first-order valence-corrected chi connectivity index (χ1v) is 16.8. The van der Waals surface area contributed by atoms with Crippen LogP contribution in [0.3, 0.4) is 0 Å². The van der Waals surface area contributed by atoms with Gasteiger partial charge >= 0.3 is 0 Å². The van der Waals surface area contributed by atoms with E-state index in [0.29, 0.717) is 0 Å². The van der Waals surface area contributed by atoms with Crippen LogP contribution in [0.4, 0.5) is 0 Å². The molecule has 214 valence electrons. The lowest BCUT2D eigenvalue weighted by Gasteiger charge is -2.36. The molecular formula is C45H28S. The molecule has 1 heteroatoms. The lowest BCUT2D eigenvalue weighted by atomic mass is 9.65. The first-order chi connectivity index (χ1) is 22.8. The second-order valence-corrected chi connectivity index (χ2v) is 13.4. The first-order valence-electron chi connectivity index (χ1n) is 15.9. The van der Waals surface area contributed by atoms with E-state index in [1.807, 2.05) is 11.8 Å². The van der Waals surface area contributed by atoms with E-state index in [-0.39, 0.29) is 0 Å². The number of hydrogen-bond acceptors (Lipinski definition) is 1. The summed E-state index contributed by atoms with van der Waals surface area (Å²) in [6.07, 6.45) is 0. The molecule has 0 spiro atoms. The maximum atomic E-state index is 2.46. The van der Waals surface area contributed by atoms with Crippen molar-refractivity contribution in [1.82, 2.24) is 0 Å². The normalized spacial score (nSPS) is 15.8. The van der Waals surface area contributed by atoms with Crippen LogP contribution in [-0.4, -0.2) is 0 Å². The Kier molecular flexibility index (Phi) is 5.53. The molecule has 8 aromatic carbocycles. The second kappa shape index (κ2) is 9.81. The van der Waals surface area contributed by atoms with Gasteiger partial charge in [0.05, 0.1) is 5.41 Å². The third kappa shape index (κ3) is 3.47. The number of fused-ring (bicyclic) bond motifs is 6. The van der Waals surface area contributed by atoms with E-state index in [1.165, 1.54) is 87.0 Å². The lowest BCUT2D eigenvalue weighted by Crippen LogP contribution is -2.29. The van der Waals surface area contributed by atoms with Crippen LogP contribution in [-0.2, 0) is 5.41 Å². The van der Waals surface area contributed by atoms with Crippen molar-refractivity contribution in [2.75, 3.05) is 0 Å². The maximum absolute atomic E-state index is 2.46. The summed E-state index contributed by atoms with van der Waals surface area (Å²) >= 11 is 1.92. The highest BCUT2D eigenvalue weighted by molar-refractivity contribution is 8.00. The molecule has 1 atom stereocenters. The summed E-state index contributed by atoms with van der Waals surface area (Å²) in [4.78, 5) is 2.65. The summed E-state index contributed by atoms with van der Waals surface area (Å²) in [6, 6.07) is 63.4. The van der Waals surface area contributed by atoms with Crippen molar-refractivity contribution < 1.29 is 0 Å². The molecule has 10 rings (SSSR count). The molecule has 46 heavy (non-hydrogen) atoms. The summed E-state index contributed by atoms with van der Waals surface area (Å²) < 4.78 is 0. The van der Waals surface area contributed by atoms with Crippen LogP contribution < -0.4 is 0 Å². The third-order valence-corrected chi connectivity index (χ3v) is 11.3. The minimum absolute atomic E-state index is 0.494. The monoisotopic (exact) mass is 600 g/mol. The molecule has 0 amide bonds. The van der Waals surface area contributed by atoms with Crippen molar-refractivity contribution in [2.24, 2.45) is 0 Å². The fourth-order valence-electron chi connectivity index (χ4n) is 8.23. The first kappa shape index (κ1) is 25.9. The fraction of sp³-hybridized carbons (Fsp3) is 0.0222. The smallest absolute Gasteiger partial charge is 0.0719 e. The summed E-state index contributed by atoms with van der Waals surface area (Å²) in [5.74, 6) is 0. The third-order valence-electron chi connectivity index (χ3n) is 10.1. The van der Waals surface area contributed by atoms with Crippen LogP contribution >= 0.6 is 11.8 Å². The molecule has 8 aromatic rings. The fourth-order valence-corrected chi connectivity index (χ4v) is 9.50. The molecular weight excluding hydrogens is 573 g/mol. The Bertz CT molecular complexity index is 2510. The van der Waals surface area contributed by atoms with Crippen molar-refractivity contribution in [1.29, 1.82) is 0 Å². The van der Waals surface area contributed by atoms with Gasteiger partial charge in [-0.15, -0.1) is 0 Å². The summed E-state index contributed by atoms with van der Waals surface area (Å²) in [5.41, 5.74) is 12.6. The van der Waals surface area contributed by atoms with Crippen LogP contribution in [0, 0.1) is 0 Å². The van der Waals surface area contributed by atoms with Crippen molar-refractivity contribution in [3.8, 4) is 33.4 Å². The molecule has 0 fully saturated rings. The van der Waals surface area contributed by atoms with Gasteiger partial charge in [0, 0.05) is 15.2 Å². The predicted molar refractivity (Wildman–Crippen MR) is 194 cm³/mol. The minimum Gasteiger partial charge on any atom is -0.0881 e. The van der Waals surface area contributed by atoms with Crippen molar-refractivity contribution in [3.63, 3.8) is 0 Å². The summed E-state index contributed by atoms with van der Waals surface area (Å²) in [7, 11) is 0. The number of benzene rings is 8. The zero-order valence-corrected chi connectivity index (χ0v) is 25.9. The maximum Gasteiger partial charge on any atom is 0.0719 e. The molecule has 1 aliphatic heterocycles. The molecule has 0 saturated carbocycles. The van der Waals surface area contributed by atoms with E-state index in [2.05, 4.69) is 170 Å². The van der Waals surface area contributed by atoms with Gasteiger partial charge in [0.1, 0.15) is 0 Å². The van der Waals surface area contributed by atoms with E-state index in [4.69, 9.17) is 0 Å². The van der Waals surface area contributed by atoms with E-state index in [0.717, 1.165) is 0 Å². The average molecular weight is 601 g/mol. The van der Waals surface area contributed by atoms with Gasteiger partial charge in [-0.3, -0.25) is 0 Å². The summed E-state index contributed by atoms with van der Waals surface area (Å²) in [5, 5.41) is 5.18. The lowest BCUT2D eigenvalue weighted by molar-refractivity contribution is 0.771. The Hall–Kier alpha value is -5.37. The largest absolute Gasteiger partial charge is 0.0881 e. The summed E-state index contributed by atoms with van der Waals surface area (Å²) in [6.45, 7) is 0. The zero-order valence-electron chi connectivity index (χ0n) is 25.1. The van der Waals surface area contributed by atoms with Gasteiger partial charge < -0.3 is 0 Å². The Morgan fingerprint density at radius 2 is 0.935 bits per heavy atom. The average Bonchev–Trinajstić information content (AvgIpc) is 3.41. The van der Waals surface area contributed by atoms with Crippen LogP contribution in [0.25, 0.3) is 54.9 Å². The Labute approximate surface area is 273 Å². The SMILES string of the molecule is c1ccc(C2(c3ccccc3-c3ccc4cccc5c4c3Sc3ccccc3-5)c3ccccc3-c3cc4ccccc4cc32)cc1. The van der Waals surface area contributed by atoms with Crippen molar-refractivity contribution >= 4 is 33.3 Å². The van der Waals surface area contributed by atoms with Crippen molar-refractivity contribution in [3.05, 3.63) is 192 Å². The molecule has 1 aliphatic carbocycles. The van der Waals surface area contributed by atoms with E-state index >= 15 is 0 Å². The molecule has 2 aliphatic rings. The van der Waals surface area contributed by atoms with Crippen LogP contribution in [0.5, 0.6) is 0 Å². The highest BCUT2D eigenvalue weighted by Crippen LogP contribution is 2.59. The molecule has 0 N–H and O–H groups in total. The Morgan fingerprint density at radius 3 is 1.72 bits per heavy atom. The molecule has 1 heterocycles. The van der Waals surface area contributed by atoms with Crippen LogP contribution in [0.1, 0.15) is 22.3 Å². The topological polar surface area (TPSA) is 0 Å². The van der Waals surface area contributed by atoms with Gasteiger partial charge in [0.25, 0.3) is 0 Å². The van der Waals surface area contributed by atoms with Gasteiger partial charge in [0.2, 0.25) is 0 Å². The van der Waals surface area contributed by atoms with E-state index in [9.17, 15) is 0 Å². The molecule has 0 aromatic heterocycles. The Balaban J connectivity index is 1.34. The number of hydrogen-bond donors (Lipinski definition) is 0. The highest BCUT2D eigenvalue weighted by Gasteiger charge is 2.47. The van der Waals surface area contributed by atoms with Gasteiger partial charge in [0.15, 0.2) is 0 Å². The molecule has 0 saturated heterocycles. The Morgan fingerprint density at radius 1 is 0.348 bits per heavy atom. The molecule has 0 nitrogen and oxygen atoms in total. The molecule has 0 bridgehead atoms. The second-order valence-electron chi connectivity index (χ2n) is 12.4. The van der Waals surface area contributed by atoms with E-state index in [1.54, 1.807) is 0 Å². The number of rotatable bonds is 3. The molecule has 0 radical (unpaired) electrons.